The number of aromatic nitrogens is 1. The van der Waals surface area contributed by atoms with Crippen LogP contribution < -0.4 is 5.76 Å². The Kier molecular flexibility index (Phi) is 1.91. The van der Waals surface area contributed by atoms with Gasteiger partial charge in [0.1, 0.15) is 6.61 Å². The van der Waals surface area contributed by atoms with Gasteiger partial charge >= 0.3 is 5.76 Å². The normalized spacial score (nSPS) is 10.2. The van der Waals surface area contributed by atoms with Gasteiger partial charge in [0.25, 0.3) is 0 Å². The number of rotatable bonds is 2. The minimum absolute atomic E-state index is 0.220. The molecule has 0 bridgehead atoms. The summed E-state index contributed by atoms with van der Waals surface area (Å²) in [7, 11) is 0. The smallest absolute Gasteiger partial charge is 0.410 e. The van der Waals surface area contributed by atoms with Crippen molar-refractivity contribution >= 4 is 0 Å². The van der Waals surface area contributed by atoms with E-state index in [1.807, 2.05) is 6.92 Å². The summed E-state index contributed by atoms with van der Waals surface area (Å²) >= 11 is 0. The fraction of sp³-hybridized carbons (Fsp3) is 0.500. The molecule has 0 aromatic carbocycles. The lowest BCUT2D eigenvalue weighted by Crippen LogP contribution is -2.10. The van der Waals surface area contributed by atoms with Crippen LogP contribution in [0.4, 0.5) is 0 Å². The summed E-state index contributed by atoms with van der Waals surface area (Å²) in [5.74, 6) is -0.0987. The largest absolute Gasteiger partial charge is 0.419 e. The maximum Gasteiger partial charge on any atom is 0.419 e. The Morgan fingerprint density at radius 3 is 2.80 bits per heavy atom. The molecule has 56 valence electrons. The fourth-order valence-electron chi connectivity index (χ4n) is 0.717. The molecule has 1 aromatic rings. The molecular weight excluding hydrogens is 134 g/mol. The molecule has 0 spiro atoms. The Balaban J connectivity index is 3.04. The Labute approximate surface area is 57.7 Å². The van der Waals surface area contributed by atoms with Gasteiger partial charge in [-0.1, -0.05) is 0 Å². The highest BCUT2D eigenvalue weighted by molar-refractivity contribution is 4.87. The molecule has 0 aliphatic heterocycles. The molecule has 0 saturated heterocycles. The van der Waals surface area contributed by atoms with Gasteiger partial charge in [-0.25, -0.2) is 4.79 Å². The molecule has 0 aliphatic carbocycles. The minimum Gasteiger partial charge on any atom is -0.410 e. The summed E-state index contributed by atoms with van der Waals surface area (Å²) in [5, 5.41) is 8.52. The van der Waals surface area contributed by atoms with E-state index in [4.69, 9.17) is 5.11 Å². The van der Waals surface area contributed by atoms with E-state index in [1.54, 1.807) is 0 Å². The number of nitrogens with zero attached hydrogens (tertiary/aromatic N) is 1. The van der Waals surface area contributed by atoms with Gasteiger partial charge in [0.05, 0.1) is 6.20 Å². The summed E-state index contributed by atoms with van der Waals surface area (Å²) in [6, 6.07) is 0. The van der Waals surface area contributed by atoms with E-state index >= 15 is 0 Å². The lowest BCUT2D eigenvalue weighted by molar-refractivity contribution is 0.243. The van der Waals surface area contributed by atoms with Crippen LogP contribution >= 0.6 is 0 Å². The Hall–Kier alpha value is -1.03. The second-order valence-electron chi connectivity index (χ2n) is 1.91. The molecule has 0 saturated carbocycles. The van der Waals surface area contributed by atoms with Crippen LogP contribution in [0.5, 0.6) is 0 Å². The van der Waals surface area contributed by atoms with Gasteiger partial charge in [-0.3, -0.25) is 4.57 Å². The van der Waals surface area contributed by atoms with E-state index < -0.39 is 5.76 Å². The molecule has 0 amide bonds. The highest BCUT2D eigenvalue weighted by Crippen LogP contribution is 1.93. The van der Waals surface area contributed by atoms with Gasteiger partial charge in [0.2, 0.25) is 0 Å². The Morgan fingerprint density at radius 1 is 1.80 bits per heavy atom. The molecular formula is C6H9NO3. The van der Waals surface area contributed by atoms with Gasteiger partial charge < -0.3 is 9.52 Å². The monoisotopic (exact) mass is 143 g/mol. The van der Waals surface area contributed by atoms with Crippen molar-refractivity contribution in [1.29, 1.82) is 0 Å². The molecule has 1 N–H and O–H groups in total. The van der Waals surface area contributed by atoms with Gasteiger partial charge in [-0.05, 0) is 6.92 Å². The highest BCUT2D eigenvalue weighted by atomic mass is 16.4. The van der Waals surface area contributed by atoms with Gasteiger partial charge in [0, 0.05) is 6.54 Å². The van der Waals surface area contributed by atoms with E-state index in [0.29, 0.717) is 12.3 Å². The zero-order chi connectivity index (χ0) is 7.56. The van der Waals surface area contributed by atoms with Gasteiger partial charge in [0.15, 0.2) is 5.76 Å². The molecule has 1 rings (SSSR count). The zero-order valence-corrected chi connectivity index (χ0v) is 5.70. The first-order valence-electron chi connectivity index (χ1n) is 3.08. The van der Waals surface area contributed by atoms with Crippen LogP contribution in [0.2, 0.25) is 0 Å². The molecule has 10 heavy (non-hydrogen) atoms. The number of aliphatic hydroxyl groups excluding tert-OH is 1. The lowest BCUT2D eigenvalue weighted by atomic mass is 10.5. The minimum atomic E-state index is -0.411. The third-order valence-corrected chi connectivity index (χ3v) is 1.25. The predicted molar refractivity (Wildman–Crippen MR) is 34.6 cm³/mol. The predicted octanol–water partition coefficient (Wildman–Crippen LogP) is -0.0465. The van der Waals surface area contributed by atoms with E-state index in [-0.39, 0.29) is 6.61 Å². The molecule has 1 heterocycles. The van der Waals surface area contributed by atoms with E-state index in [9.17, 15) is 4.79 Å². The van der Waals surface area contributed by atoms with Crippen molar-refractivity contribution in [3.63, 3.8) is 0 Å². The molecule has 1 aromatic heterocycles. The van der Waals surface area contributed by atoms with Crippen molar-refractivity contribution in [2.45, 2.75) is 20.1 Å². The molecule has 0 fully saturated rings. The van der Waals surface area contributed by atoms with Crippen LogP contribution in [-0.4, -0.2) is 9.67 Å². The maximum atomic E-state index is 10.7. The standard InChI is InChI=1S/C6H9NO3/c1-2-7-3-5(4-8)10-6(7)9/h3,8H,2,4H2,1H3. The van der Waals surface area contributed by atoms with E-state index in [0.717, 1.165) is 0 Å². The average Bonchev–Trinajstić information content (AvgIpc) is 2.30. The first-order valence-corrected chi connectivity index (χ1v) is 3.08. The van der Waals surface area contributed by atoms with Crippen LogP contribution in [0.25, 0.3) is 0 Å². The number of hydrogen-bond acceptors (Lipinski definition) is 3. The van der Waals surface area contributed by atoms with Crippen molar-refractivity contribution in [1.82, 2.24) is 4.57 Å². The summed E-state index contributed by atoms with van der Waals surface area (Å²) in [6.45, 7) is 2.18. The zero-order valence-electron chi connectivity index (χ0n) is 5.70. The number of oxazole rings is 1. The van der Waals surface area contributed by atoms with Crippen LogP contribution in [-0.2, 0) is 13.2 Å². The Morgan fingerprint density at radius 2 is 2.50 bits per heavy atom. The van der Waals surface area contributed by atoms with Crippen molar-refractivity contribution < 1.29 is 9.52 Å². The highest BCUT2D eigenvalue weighted by Gasteiger charge is 2.00. The van der Waals surface area contributed by atoms with Gasteiger partial charge in [-0.2, -0.15) is 0 Å². The van der Waals surface area contributed by atoms with Crippen LogP contribution in [0, 0.1) is 0 Å². The maximum absolute atomic E-state index is 10.7. The molecule has 0 radical (unpaired) electrons. The summed E-state index contributed by atoms with van der Waals surface area (Å²) in [6.07, 6.45) is 1.50. The van der Waals surface area contributed by atoms with Gasteiger partial charge in [-0.15, -0.1) is 0 Å². The topological polar surface area (TPSA) is 55.4 Å². The molecule has 0 unspecified atom stereocenters. The quantitative estimate of drug-likeness (QED) is 0.631. The van der Waals surface area contributed by atoms with Crippen molar-refractivity contribution in [3.8, 4) is 0 Å². The number of aliphatic hydroxyl groups is 1. The Bertz CT molecular complexity index is 260. The summed E-state index contributed by atoms with van der Waals surface area (Å²) in [4.78, 5) is 10.7. The SMILES string of the molecule is CCn1cc(CO)oc1=O. The fourth-order valence-corrected chi connectivity index (χ4v) is 0.717. The third-order valence-electron chi connectivity index (χ3n) is 1.25. The number of aryl methyl sites for hydroxylation is 1. The third kappa shape index (κ3) is 1.11. The van der Waals surface area contributed by atoms with Crippen molar-refractivity contribution in [3.05, 3.63) is 22.5 Å². The summed E-state index contributed by atoms with van der Waals surface area (Å²) in [5.41, 5.74) is 0. The second-order valence-corrected chi connectivity index (χ2v) is 1.91. The van der Waals surface area contributed by atoms with Crippen molar-refractivity contribution in [2.75, 3.05) is 0 Å². The molecule has 4 nitrogen and oxygen atoms in total. The summed E-state index contributed by atoms with van der Waals surface area (Å²) < 4.78 is 6.01. The second kappa shape index (κ2) is 2.70. The first kappa shape index (κ1) is 7.08. The molecule has 0 aliphatic rings. The average molecular weight is 143 g/mol. The molecule has 4 heteroatoms. The van der Waals surface area contributed by atoms with Crippen LogP contribution in [0.15, 0.2) is 15.4 Å². The van der Waals surface area contributed by atoms with E-state index in [2.05, 4.69) is 4.42 Å². The molecule has 0 atom stereocenters. The first-order chi connectivity index (χ1) is 4.77. The number of hydrogen-bond donors (Lipinski definition) is 1. The van der Waals surface area contributed by atoms with Crippen LogP contribution in [0.1, 0.15) is 12.7 Å². The van der Waals surface area contributed by atoms with Crippen LogP contribution in [0.3, 0.4) is 0 Å². The van der Waals surface area contributed by atoms with Crippen molar-refractivity contribution in [2.24, 2.45) is 0 Å². The van der Waals surface area contributed by atoms with E-state index in [1.165, 1.54) is 10.8 Å². The lowest BCUT2D eigenvalue weighted by Gasteiger charge is -1.86.